The Morgan fingerprint density at radius 1 is 1.53 bits per heavy atom. The number of hydrazine groups is 1. The van der Waals surface area contributed by atoms with E-state index in [0.29, 0.717) is 0 Å². The Kier molecular flexibility index (Phi) is 4.30. The molecule has 0 saturated carbocycles. The third kappa shape index (κ3) is 2.94. The zero-order valence-electron chi connectivity index (χ0n) is 10.1. The molecule has 0 aromatic carbocycles. The summed E-state index contributed by atoms with van der Waals surface area (Å²) in [6.07, 6.45) is 6.92. The van der Waals surface area contributed by atoms with Gasteiger partial charge in [0.15, 0.2) is 0 Å². The number of pyridine rings is 1. The fourth-order valence-corrected chi connectivity index (χ4v) is 2.16. The van der Waals surface area contributed by atoms with Crippen LogP contribution in [0.3, 0.4) is 0 Å². The van der Waals surface area contributed by atoms with Crippen molar-refractivity contribution < 1.29 is 9.47 Å². The van der Waals surface area contributed by atoms with Crippen LogP contribution in [0.2, 0.25) is 0 Å². The minimum absolute atomic E-state index is 0.0297. The molecular weight excluding hydrogens is 218 g/mol. The van der Waals surface area contributed by atoms with Crippen LogP contribution in [-0.4, -0.2) is 24.8 Å². The van der Waals surface area contributed by atoms with Crippen LogP contribution in [0.5, 0.6) is 5.75 Å². The Balaban J connectivity index is 2.15. The molecule has 1 aliphatic rings. The molecule has 1 saturated heterocycles. The molecule has 1 aromatic rings. The third-order valence-corrected chi connectivity index (χ3v) is 3.10. The molecule has 3 N–H and O–H groups in total. The second-order valence-corrected chi connectivity index (χ2v) is 4.21. The zero-order chi connectivity index (χ0) is 12.1. The Morgan fingerprint density at radius 3 is 3.06 bits per heavy atom. The normalized spacial score (nSPS) is 22.1. The van der Waals surface area contributed by atoms with Crippen molar-refractivity contribution in [3.05, 3.63) is 24.0 Å². The zero-order valence-corrected chi connectivity index (χ0v) is 10.1. The summed E-state index contributed by atoms with van der Waals surface area (Å²) >= 11 is 0. The van der Waals surface area contributed by atoms with Crippen LogP contribution in [0.15, 0.2) is 18.5 Å². The summed E-state index contributed by atoms with van der Waals surface area (Å²) < 4.78 is 10.9. The van der Waals surface area contributed by atoms with Crippen molar-refractivity contribution in [3.63, 3.8) is 0 Å². The first-order valence-corrected chi connectivity index (χ1v) is 5.92. The van der Waals surface area contributed by atoms with Crippen LogP contribution in [0, 0.1) is 0 Å². The fourth-order valence-electron chi connectivity index (χ4n) is 2.16. The second-order valence-electron chi connectivity index (χ2n) is 4.21. The van der Waals surface area contributed by atoms with Gasteiger partial charge in [-0.1, -0.05) is 0 Å². The smallest absolute Gasteiger partial charge is 0.137 e. The van der Waals surface area contributed by atoms with Crippen LogP contribution in [0.1, 0.15) is 30.9 Å². The average molecular weight is 237 g/mol. The maximum Gasteiger partial charge on any atom is 0.137 e. The van der Waals surface area contributed by atoms with Crippen molar-refractivity contribution >= 4 is 0 Å². The molecule has 94 valence electrons. The molecule has 17 heavy (non-hydrogen) atoms. The van der Waals surface area contributed by atoms with E-state index in [4.69, 9.17) is 15.3 Å². The number of nitrogens with one attached hydrogen (secondary N) is 1. The molecule has 2 heterocycles. The van der Waals surface area contributed by atoms with Crippen LogP contribution in [0.25, 0.3) is 0 Å². The minimum Gasteiger partial charge on any atom is -0.495 e. The van der Waals surface area contributed by atoms with E-state index in [0.717, 1.165) is 30.8 Å². The Hall–Kier alpha value is -1.17. The number of rotatable bonds is 4. The Morgan fingerprint density at radius 2 is 2.41 bits per heavy atom. The van der Waals surface area contributed by atoms with Crippen molar-refractivity contribution in [2.75, 3.05) is 13.7 Å². The molecule has 0 amide bonds. The van der Waals surface area contributed by atoms with E-state index in [2.05, 4.69) is 10.4 Å². The van der Waals surface area contributed by atoms with Crippen molar-refractivity contribution in [1.29, 1.82) is 0 Å². The molecule has 1 aromatic heterocycles. The monoisotopic (exact) mass is 237 g/mol. The van der Waals surface area contributed by atoms with Crippen molar-refractivity contribution in [2.24, 2.45) is 5.84 Å². The predicted molar refractivity (Wildman–Crippen MR) is 64.4 cm³/mol. The Bertz CT molecular complexity index is 353. The van der Waals surface area contributed by atoms with E-state index < -0.39 is 0 Å². The molecule has 0 aliphatic carbocycles. The first-order chi connectivity index (χ1) is 8.35. The van der Waals surface area contributed by atoms with E-state index in [-0.39, 0.29) is 12.1 Å². The van der Waals surface area contributed by atoms with Crippen LogP contribution >= 0.6 is 0 Å². The molecule has 1 aliphatic heterocycles. The number of ether oxygens (including phenoxy) is 2. The van der Waals surface area contributed by atoms with Gasteiger partial charge in [0, 0.05) is 12.8 Å². The van der Waals surface area contributed by atoms with Crippen molar-refractivity contribution in [2.45, 2.75) is 31.4 Å². The van der Waals surface area contributed by atoms with E-state index in [1.165, 1.54) is 6.42 Å². The van der Waals surface area contributed by atoms with Gasteiger partial charge in [-0.3, -0.25) is 16.3 Å². The first kappa shape index (κ1) is 12.3. The van der Waals surface area contributed by atoms with Gasteiger partial charge in [-0.15, -0.1) is 0 Å². The number of nitrogens with two attached hydrogens (primary N) is 1. The lowest BCUT2D eigenvalue weighted by molar-refractivity contribution is -0.00831. The number of hydrogen-bond donors (Lipinski definition) is 2. The highest BCUT2D eigenvalue weighted by Crippen LogP contribution is 2.27. The molecule has 2 unspecified atom stereocenters. The van der Waals surface area contributed by atoms with Gasteiger partial charge in [0.2, 0.25) is 0 Å². The van der Waals surface area contributed by atoms with Crippen molar-refractivity contribution in [3.8, 4) is 5.75 Å². The van der Waals surface area contributed by atoms with Gasteiger partial charge < -0.3 is 9.47 Å². The van der Waals surface area contributed by atoms with E-state index in [9.17, 15) is 0 Å². The van der Waals surface area contributed by atoms with Crippen LogP contribution in [0.4, 0.5) is 0 Å². The molecule has 1 fully saturated rings. The van der Waals surface area contributed by atoms with Gasteiger partial charge in [-0.2, -0.15) is 0 Å². The average Bonchev–Trinajstić information content (AvgIpc) is 2.41. The minimum atomic E-state index is -0.0297. The van der Waals surface area contributed by atoms with Crippen molar-refractivity contribution in [1.82, 2.24) is 10.4 Å². The summed E-state index contributed by atoms with van der Waals surface area (Å²) in [6, 6.07) is 1.91. The number of nitrogens with zero attached hydrogens (tertiary/aromatic N) is 1. The highest BCUT2D eigenvalue weighted by atomic mass is 16.5. The first-order valence-electron chi connectivity index (χ1n) is 5.92. The molecule has 0 radical (unpaired) electrons. The van der Waals surface area contributed by atoms with Gasteiger partial charge in [0.1, 0.15) is 5.75 Å². The third-order valence-electron chi connectivity index (χ3n) is 3.10. The van der Waals surface area contributed by atoms with Crippen LogP contribution in [-0.2, 0) is 4.74 Å². The highest BCUT2D eigenvalue weighted by Gasteiger charge is 2.25. The van der Waals surface area contributed by atoms with Gasteiger partial charge in [-0.05, 0) is 30.9 Å². The SMILES string of the molecule is COc1cncc(C(NN)C2CCCCO2)c1. The summed E-state index contributed by atoms with van der Waals surface area (Å²) in [5, 5.41) is 0. The summed E-state index contributed by atoms with van der Waals surface area (Å²) in [6.45, 7) is 0.806. The second kappa shape index (κ2) is 5.95. The standard InChI is InChI=1S/C12H19N3O2/c1-16-10-6-9(7-14-8-10)12(15-13)11-4-2-3-5-17-11/h6-8,11-12,15H,2-5,13H2,1H3. The summed E-state index contributed by atoms with van der Waals surface area (Å²) in [5.74, 6) is 6.36. The number of hydrogen-bond acceptors (Lipinski definition) is 5. The maximum absolute atomic E-state index is 5.75. The molecule has 5 nitrogen and oxygen atoms in total. The largest absolute Gasteiger partial charge is 0.495 e. The molecule has 0 bridgehead atoms. The lowest BCUT2D eigenvalue weighted by Gasteiger charge is -2.30. The van der Waals surface area contributed by atoms with Gasteiger partial charge in [0.05, 0.1) is 25.5 Å². The van der Waals surface area contributed by atoms with Gasteiger partial charge in [0.25, 0.3) is 0 Å². The highest BCUT2D eigenvalue weighted by molar-refractivity contribution is 5.26. The van der Waals surface area contributed by atoms with E-state index >= 15 is 0 Å². The van der Waals surface area contributed by atoms with E-state index in [1.807, 2.05) is 6.07 Å². The topological polar surface area (TPSA) is 69.4 Å². The Labute approximate surface area is 101 Å². The molecular formula is C12H19N3O2. The molecule has 0 spiro atoms. The summed E-state index contributed by atoms with van der Waals surface area (Å²) in [7, 11) is 1.63. The quantitative estimate of drug-likeness (QED) is 0.607. The predicted octanol–water partition coefficient (Wildman–Crippen LogP) is 1.16. The number of aromatic nitrogens is 1. The number of methoxy groups -OCH3 is 1. The van der Waals surface area contributed by atoms with Crippen LogP contribution < -0.4 is 16.0 Å². The van der Waals surface area contributed by atoms with Gasteiger partial charge in [-0.25, -0.2) is 0 Å². The molecule has 2 rings (SSSR count). The lowest BCUT2D eigenvalue weighted by Crippen LogP contribution is -2.39. The van der Waals surface area contributed by atoms with E-state index in [1.54, 1.807) is 19.5 Å². The summed E-state index contributed by atoms with van der Waals surface area (Å²) in [4.78, 5) is 4.14. The lowest BCUT2D eigenvalue weighted by atomic mass is 9.97. The summed E-state index contributed by atoms with van der Waals surface area (Å²) in [5.41, 5.74) is 3.82. The van der Waals surface area contributed by atoms with Gasteiger partial charge >= 0.3 is 0 Å². The molecule has 2 atom stereocenters. The molecule has 5 heteroatoms. The maximum atomic E-state index is 5.75. The fraction of sp³-hybridized carbons (Fsp3) is 0.583.